The highest BCUT2D eigenvalue weighted by atomic mass is 16.5. The van der Waals surface area contributed by atoms with Gasteiger partial charge in [0.25, 0.3) is 0 Å². The lowest BCUT2D eigenvalue weighted by atomic mass is 9.70. The molecule has 4 heteroatoms. The van der Waals surface area contributed by atoms with E-state index in [9.17, 15) is 9.59 Å². The first-order chi connectivity index (χ1) is 11.2. The van der Waals surface area contributed by atoms with Crippen molar-refractivity contribution in [1.82, 2.24) is 0 Å². The molecule has 0 aromatic heterocycles. The van der Waals surface area contributed by atoms with Gasteiger partial charge in [0.15, 0.2) is 0 Å². The summed E-state index contributed by atoms with van der Waals surface area (Å²) in [6, 6.07) is 0. The van der Waals surface area contributed by atoms with E-state index < -0.39 is 0 Å². The van der Waals surface area contributed by atoms with E-state index in [4.69, 9.17) is 9.47 Å². The molecule has 0 radical (unpaired) electrons. The summed E-state index contributed by atoms with van der Waals surface area (Å²) in [4.78, 5) is 23.7. The predicted molar refractivity (Wildman–Crippen MR) is 95.5 cm³/mol. The lowest BCUT2D eigenvalue weighted by Gasteiger charge is -2.39. The zero-order chi connectivity index (χ0) is 18.2. The van der Waals surface area contributed by atoms with Gasteiger partial charge in [0.1, 0.15) is 12.7 Å². The summed E-state index contributed by atoms with van der Waals surface area (Å²) in [7, 11) is 0. The summed E-state index contributed by atoms with van der Waals surface area (Å²) in [5.41, 5.74) is 1.27. The third kappa shape index (κ3) is 7.98. The minimum absolute atomic E-state index is 0.0240. The van der Waals surface area contributed by atoms with Gasteiger partial charge in [-0.2, -0.15) is 0 Å². The standard InChI is InChI=1S/C20H34O4/c1-15(2)13-14-23-18(21)11-8-12-19(22)24-17-10-7-6-9-16(17)20(3,4)5/h13,16-17H,6-12,14H2,1-5H3. The van der Waals surface area contributed by atoms with E-state index in [-0.39, 0.29) is 36.3 Å². The van der Waals surface area contributed by atoms with Crippen molar-refractivity contribution in [2.75, 3.05) is 6.61 Å². The van der Waals surface area contributed by atoms with Crippen molar-refractivity contribution in [3.8, 4) is 0 Å². The largest absolute Gasteiger partial charge is 0.462 e. The molecule has 4 nitrogen and oxygen atoms in total. The molecular formula is C20H34O4. The van der Waals surface area contributed by atoms with Crippen LogP contribution < -0.4 is 0 Å². The summed E-state index contributed by atoms with van der Waals surface area (Å²) in [6.45, 7) is 10.9. The highest BCUT2D eigenvalue weighted by Gasteiger charge is 2.36. The molecule has 1 aliphatic carbocycles. The summed E-state index contributed by atoms with van der Waals surface area (Å²) in [5, 5.41) is 0. The second-order valence-corrected chi connectivity index (χ2v) is 8.10. The molecule has 0 heterocycles. The second kappa shape index (κ2) is 9.85. The topological polar surface area (TPSA) is 52.6 Å². The van der Waals surface area contributed by atoms with Crippen molar-refractivity contribution in [2.45, 2.75) is 85.7 Å². The van der Waals surface area contributed by atoms with Crippen LogP contribution in [0.3, 0.4) is 0 Å². The van der Waals surface area contributed by atoms with Crippen LogP contribution in [0.2, 0.25) is 0 Å². The Balaban J connectivity index is 2.30. The summed E-state index contributed by atoms with van der Waals surface area (Å²) in [6.07, 6.45) is 7.34. The van der Waals surface area contributed by atoms with Crippen LogP contribution in [0.15, 0.2) is 11.6 Å². The van der Waals surface area contributed by atoms with Crippen molar-refractivity contribution in [3.05, 3.63) is 11.6 Å². The quantitative estimate of drug-likeness (QED) is 0.493. The van der Waals surface area contributed by atoms with Gasteiger partial charge in [-0.05, 0) is 51.0 Å². The average molecular weight is 338 g/mol. The third-order valence-corrected chi connectivity index (χ3v) is 4.60. The fourth-order valence-corrected chi connectivity index (χ4v) is 3.21. The van der Waals surface area contributed by atoms with Crippen LogP contribution in [0.25, 0.3) is 0 Å². The molecule has 1 fully saturated rings. The number of ether oxygens (including phenoxy) is 2. The van der Waals surface area contributed by atoms with Gasteiger partial charge >= 0.3 is 11.9 Å². The molecule has 0 N–H and O–H groups in total. The van der Waals surface area contributed by atoms with Crippen molar-refractivity contribution < 1.29 is 19.1 Å². The molecule has 0 bridgehead atoms. The first-order valence-electron chi connectivity index (χ1n) is 9.18. The van der Waals surface area contributed by atoms with Crippen LogP contribution in [0.1, 0.15) is 79.6 Å². The molecule has 0 aromatic rings. The van der Waals surface area contributed by atoms with E-state index in [1.807, 2.05) is 19.9 Å². The van der Waals surface area contributed by atoms with E-state index in [2.05, 4.69) is 20.8 Å². The molecule has 2 atom stereocenters. The molecule has 0 saturated heterocycles. The van der Waals surface area contributed by atoms with Gasteiger partial charge in [-0.1, -0.05) is 32.8 Å². The molecule has 0 aromatic carbocycles. The van der Waals surface area contributed by atoms with E-state index in [0.29, 0.717) is 18.9 Å². The Morgan fingerprint density at radius 1 is 1.04 bits per heavy atom. The third-order valence-electron chi connectivity index (χ3n) is 4.60. The number of rotatable bonds is 7. The molecule has 138 valence electrons. The van der Waals surface area contributed by atoms with Crippen molar-refractivity contribution in [1.29, 1.82) is 0 Å². The van der Waals surface area contributed by atoms with Crippen molar-refractivity contribution in [2.24, 2.45) is 11.3 Å². The Bertz CT molecular complexity index is 441. The summed E-state index contributed by atoms with van der Waals surface area (Å²) >= 11 is 0. The average Bonchev–Trinajstić information content (AvgIpc) is 2.46. The zero-order valence-electron chi connectivity index (χ0n) is 16.0. The number of hydrogen-bond acceptors (Lipinski definition) is 4. The summed E-state index contributed by atoms with van der Waals surface area (Å²) < 4.78 is 10.8. The first kappa shape index (κ1) is 20.7. The highest BCUT2D eigenvalue weighted by Crippen LogP contribution is 2.39. The monoisotopic (exact) mass is 338 g/mol. The van der Waals surface area contributed by atoms with Gasteiger partial charge in [0.05, 0.1) is 0 Å². The maximum absolute atomic E-state index is 12.1. The lowest BCUT2D eigenvalue weighted by Crippen LogP contribution is -2.38. The van der Waals surface area contributed by atoms with Gasteiger partial charge in [-0.3, -0.25) is 9.59 Å². The van der Waals surface area contributed by atoms with Gasteiger partial charge in [0, 0.05) is 18.8 Å². The fourth-order valence-electron chi connectivity index (χ4n) is 3.21. The number of esters is 2. The van der Waals surface area contributed by atoms with Crippen LogP contribution >= 0.6 is 0 Å². The minimum atomic E-state index is -0.259. The number of allylic oxidation sites excluding steroid dienone is 1. The maximum atomic E-state index is 12.1. The normalized spacial score (nSPS) is 21.0. The molecule has 1 aliphatic rings. The van der Waals surface area contributed by atoms with Crippen LogP contribution in [-0.4, -0.2) is 24.6 Å². The molecule has 0 aliphatic heterocycles. The van der Waals surface area contributed by atoms with E-state index in [1.165, 1.54) is 6.42 Å². The van der Waals surface area contributed by atoms with Gasteiger partial charge < -0.3 is 9.47 Å². The number of hydrogen-bond donors (Lipinski definition) is 0. The first-order valence-corrected chi connectivity index (χ1v) is 9.18. The van der Waals surface area contributed by atoms with Crippen molar-refractivity contribution in [3.63, 3.8) is 0 Å². The Kier molecular flexibility index (Phi) is 8.51. The molecule has 0 amide bonds. The SMILES string of the molecule is CC(C)=CCOC(=O)CCCC(=O)OC1CCCCC1C(C)(C)C. The zero-order valence-corrected chi connectivity index (χ0v) is 16.0. The van der Waals surface area contributed by atoms with Crippen LogP contribution in [0, 0.1) is 11.3 Å². The maximum Gasteiger partial charge on any atom is 0.306 e. The summed E-state index contributed by atoms with van der Waals surface area (Å²) in [5.74, 6) is -0.0250. The predicted octanol–water partition coefficient (Wildman–Crippen LogP) is 4.81. The molecule has 1 saturated carbocycles. The van der Waals surface area contributed by atoms with Crippen molar-refractivity contribution >= 4 is 11.9 Å². The molecular weight excluding hydrogens is 304 g/mol. The Hall–Kier alpha value is -1.32. The Morgan fingerprint density at radius 2 is 1.67 bits per heavy atom. The van der Waals surface area contributed by atoms with E-state index >= 15 is 0 Å². The second-order valence-electron chi connectivity index (χ2n) is 8.10. The Morgan fingerprint density at radius 3 is 2.29 bits per heavy atom. The lowest BCUT2D eigenvalue weighted by molar-refractivity contribution is -0.156. The van der Waals surface area contributed by atoms with E-state index in [1.54, 1.807) is 0 Å². The molecule has 2 unspecified atom stereocenters. The number of carbonyl (C=O) groups is 2. The molecule has 24 heavy (non-hydrogen) atoms. The van der Waals surface area contributed by atoms with Crippen LogP contribution in [-0.2, 0) is 19.1 Å². The van der Waals surface area contributed by atoms with E-state index in [0.717, 1.165) is 24.8 Å². The van der Waals surface area contributed by atoms with Gasteiger partial charge in [-0.15, -0.1) is 0 Å². The molecule has 0 spiro atoms. The smallest absolute Gasteiger partial charge is 0.306 e. The fraction of sp³-hybridized carbons (Fsp3) is 0.800. The highest BCUT2D eigenvalue weighted by molar-refractivity contribution is 5.72. The van der Waals surface area contributed by atoms with Gasteiger partial charge in [0.2, 0.25) is 0 Å². The minimum Gasteiger partial charge on any atom is -0.462 e. The van der Waals surface area contributed by atoms with Crippen LogP contribution in [0.4, 0.5) is 0 Å². The van der Waals surface area contributed by atoms with Gasteiger partial charge in [-0.25, -0.2) is 0 Å². The number of carbonyl (C=O) groups excluding carboxylic acids is 2. The van der Waals surface area contributed by atoms with Crippen LogP contribution in [0.5, 0.6) is 0 Å². The Labute approximate surface area is 147 Å². The molecule has 1 rings (SSSR count).